The lowest BCUT2D eigenvalue weighted by Gasteiger charge is -2.28. The van der Waals surface area contributed by atoms with E-state index in [0.29, 0.717) is 30.4 Å². The van der Waals surface area contributed by atoms with E-state index in [0.717, 1.165) is 50.1 Å². The summed E-state index contributed by atoms with van der Waals surface area (Å²) in [4.78, 5) is 21.0. The van der Waals surface area contributed by atoms with E-state index in [1.165, 1.54) is 42.3 Å². The lowest BCUT2D eigenvalue weighted by Crippen LogP contribution is -2.39. The molecule has 0 bridgehead atoms. The average molecular weight is 473 g/mol. The van der Waals surface area contributed by atoms with Crippen LogP contribution < -0.4 is 4.90 Å². The number of rotatable bonds is 7. The molecule has 3 aromatic rings. The van der Waals surface area contributed by atoms with E-state index >= 15 is 0 Å². The number of nitrogens with one attached hydrogen (secondary N) is 1. The third-order valence-electron chi connectivity index (χ3n) is 7.82. The number of carbonyl (C=O) groups excluding carboxylic acids is 1. The molecule has 1 aromatic heterocycles. The number of aromatic nitrogens is 1. The van der Waals surface area contributed by atoms with Crippen molar-refractivity contribution >= 4 is 22.5 Å². The van der Waals surface area contributed by atoms with Gasteiger partial charge in [-0.1, -0.05) is 25.3 Å². The first-order valence-electron chi connectivity index (χ1n) is 12.9. The van der Waals surface area contributed by atoms with E-state index in [2.05, 4.69) is 22.1 Å². The molecule has 2 aliphatic rings. The van der Waals surface area contributed by atoms with Crippen molar-refractivity contribution in [3.8, 4) is 6.07 Å². The van der Waals surface area contributed by atoms with Gasteiger partial charge in [0, 0.05) is 48.8 Å². The number of hydrogen-bond acceptors (Lipinski definition) is 3. The minimum Gasteiger partial charge on any atom is -0.361 e. The first-order chi connectivity index (χ1) is 17.1. The molecule has 182 valence electrons. The molecule has 1 amide bonds. The molecule has 2 fully saturated rings. The number of likely N-dealkylation sites (tertiary alicyclic amines) is 1. The second-order valence-electron chi connectivity index (χ2n) is 10.1. The van der Waals surface area contributed by atoms with Gasteiger partial charge >= 0.3 is 0 Å². The van der Waals surface area contributed by atoms with Crippen molar-refractivity contribution in [2.45, 2.75) is 50.9 Å². The topological polar surface area (TPSA) is 63.1 Å². The molecule has 1 atom stereocenters. The van der Waals surface area contributed by atoms with E-state index in [-0.39, 0.29) is 11.7 Å². The van der Waals surface area contributed by atoms with E-state index in [9.17, 15) is 9.18 Å². The van der Waals surface area contributed by atoms with E-state index in [1.54, 1.807) is 12.1 Å². The third-order valence-corrected chi connectivity index (χ3v) is 7.82. The standard InChI is InChI=1S/C29H33FN4O/c30-24-7-9-25(10-8-24)34(29(35)17-21-4-2-1-3-5-21)15-14-33-13-12-23(20-33)27-19-32-28-16-22(18-31)6-11-26(27)28/h6-11,16,19,21,23,32H,1-5,12-15,17,20H2. The van der Waals surface area contributed by atoms with Crippen LogP contribution in [-0.4, -0.2) is 42.0 Å². The van der Waals surface area contributed by atoms with Gasteiger partial charge in [-0.25, -0.2) is 4.39 Å². The zero-order chi connectivity index (χ0) is 24.2. The SMILES string of the molecule is N#Cc1ccc2c(C3CCN(CCN(C(=O)CC4CCCCC4)c4ccc(F)cc4)C3)c[nH]c2c1. The number of halogens is 1. The average Bonchev–Trinajstić information content (AvgIpc) is 3.52. The van der Waals surface area contributed by atoms with Gasteiger partial charge in [-0.05, 0) is 79.6 Å². The number of H-pyrrole nitrogens is 1. The van der Waals surface area contributed by atoms with Gasteiger partial charge in [-0.2, -0.15) is 5.26 Å². The number of amides is 1. The molecule has 1 saturated carbocycles. The van der Waals surface area contributed by atoms with Gasteiger partial charge in [-0.3, -0.25) is 4.79 Å². The Kier molecular flexibility index (Phi) is 7.15. The molecule has 0 spiro atoms. The van der Waals surface area contributed by atoms with Crippen molar-refractivity contribution in [2.24, 2.45) is 5.92 Å². The Morgan fingerprint density at radius 2 is 1.91 bits per heavy atom. The Morgan fingerprint density at radius 1 is 1.11 bits per heavy atom. The minimum atomic E-state index is -0.281. The summed E-state index contributed by atoms with van der Waals surface area (Å²) >= 11 is 0. The zero-order valence-electron chi connectivity index (χ0n) is 20.2. The van der Waals surface area contributed by atoms with E-state index in [4.69, 9.17) is 5.26 Å². The second-order valence-corrected chi connectivity index (χ2v) is 10.1. The summed E-state index contributed by atoms with van der Waals surface area (Å²) in [5, 5.41) is 10.4. The van der Waals surface area contributed by atoms with Gasteiger partial charge in [0.2, 0.25) is 5.91 Å². The smallest absolute Gasteiger partial charge is 0.227 e. The molecule has 0 radical (unpaired) electrons. The Labute approximate surface area is 206 Å². The highest BCUT2D eigenvalue weighted by atomic mass is 19.1. The van der Waals surface area contributed by atoms with Crippen LogP contribution in [0.1, 0.15) is 62.0 Å². The van der Waals surface area contributed by atoms with Crippen LogP contribution in [0.4, 0.5) is 10.1 Å². The number of carbonyl (C=O) groups is 1. The maximum Gasteiger partial charge on any atom is 0.227 e. The molecule has 6 heteroatoms. The highest BCUT2D eigenvalue weighted by Gasteiger charge is 2.28. The summed E-state index contributed by atoms with van der Waals surface area (Å²) in [5.74, 6) is 0.772. The summed E-state index contributed by atoms with van der Waals surface area (Å²) in [6, 6.07) is 14.4. The number of benzene rings is 2. The quantitative estimate of drug-likeness (QED) is 0.461. The normalized spacial score (nSPS) is 19.1. The van der Waals surface area contributed by atoms with Crippen molar-refractivity contribution in [3.63, 3.8) is 0 Å². The van der Waals surface area contributed by atoms with E-state index in [1.807, 2.05) is 23.1 Å². The van der Waals surface area contributed by atoms with Gasteiger partial charge in [0.15, 0.2) is 0 Å². The van der Waals surface area contributed by atoms with Crippen molar-refractivity contribution in [1.29, 1.82) is 5.26 Å². The third kappa shape index (κ3) is 5.41. The van der Waals surface area contributed by atoms with Crippen LogP contribution in [0.15, 0.2) is 48.7 Å². The maximum atomic E-state index is 13.6. The van der Waals surface area contributed by atoms with Crippen LogP contribution in [0.3, 0.4) is 0 Å². The van der Waals surface area contributed by atoms with Crippen LogP contribution in [-0.2, 0) is 4.79 Å². The highest BCUT2D eigenvalue weighted by Crippen LogP contribution is 2.33. The van der Waals surface area contributed by atoms with Crippen molar-refractivity contribution in [1.82, 2.24) is 9.88 Å². The predicted octanol–water partition coefficient (Wildman–Crippen LogP) is 5.97. The number of nitrogens with zero attached hydrogens (tertiary/aromatic N) is 3. The van der Waals surface area contributed by atoms with Gasteiger partial charge in [0.25, 0.3) is 0 Å². The number of nitriles is 1. The zero-order valence-corrected chi connectivity index (χ0v) is 20.2. The summed E-state index contributed by atoms with van der Waals surface area (Å²) in [5.41, 5.74) is 3.76. The number of hydrogen-bond donors (Lipinski definition) is 1. The monoisotopic (exact) mass is 472 g/mol. The maximum absolute atomic E-state index is 13.6. The molecule has 1 aliphatic carbocycles. The van der Waals surface area contributed by atoms with Gasteiger partial charge in [0.1, 0.15) is 5.82 Å². The van der Waals surface area contributed by atoms with Crippen molar-refractivity contribution < 1.29 is 9.18 Å². The molecule has 35 heavy (non-hydrogen) atoms. The first-order valence-corrected chi connectivity index (χ1v) is 12.9. The van der Waals surface area contributed by atoms with Crippen LogP contribution in [0, 0.1) is 23.1 Å². The molecule has 1 aliphatic heterocycles. The fourth-order valence-electron chi connectivity index (χ4n) is 5.85. The predicted molar refractivity (Wildman–Crippen MR) is 137 cm³/mol. The minimum absolute atomic E-state index is 0.157. The van der Waals surface area contributed by atoms with Crippen molar-refractivity contribution in [2.75, 3.05) is 31.1 Å². The first kappa shape index (κ1) is 23.6. The molecular formula is C29H33FN4O. The summed E-state index contributed by atoms with van der Waals surface area (Å²) in [7, 11) is 0. The van der Waals surface area contributed by atoms with Gasteiger partial charge in [0.05, 0.1) is 11.6 Å². The highest BCUT2D eigenvalue weighted by molar-refractivity contribution is 5.93. The largest absolute Gasteiger partial charge is 0.361 e. The molecule has 2 heterocycles. The molecule has 1 saturated heterocycles. The van der Waals surface area contributed by atoms with Crippen LogP contribution in [0.5, 0.6) is 0 Å². The second kappa shape index (κ2) is 10.6. The Hall–Kier alpha value is -3.17. The molecule has 1 unspecified atom stereocenters. The van der Waals surface area contributed by atoms with Gasteiger partial charge < -0.3 is 14.8 Å². The van der Waals surface area contributed by atoms with Crippen molar-refractivity contribution in [3.05, 3.63) is 65.6 Å². The summed E-state index contributed by atoms with van der Waals surface area (Å²) in [6.07, 6.45) is 9.72. The van der Waals surface area contributed by atoms with E-state index < -0.39 is 0 Å². The van der Waals surface area contributed by atoms with Gasteiger partial charge in [-0.15, -0.1) is 0 Å². The molecule has 2 aromatic carbocycles. The summed E-state index contributed by atoms with van der Waals surface area (Å²) < 4.78 is 13.6. The Balaban J connectivity index is 1.24. The lowest BCUT2D eigenvalue weighted by atomic mass is 9.86. The van der Waals surface area contributed by atoms with Crippen LogP contribution in [0.2, 0.25) is 0 Å². The molecular weight excluding hydrogens is 439 g/mol. The molecule has 5 rings (SSSR count). The van der Waals surface area contributed by atoms with Crippen LogP contribution >= 0.6 is 0 Å². The summed E-state index contributed by atoms with van der Waals surface area (Å²) in [6.45, 7) is 3.34. The fraction of sp³-hybridized carbons (Fsp3) is 0.448. The van der Waals surface area contributed by atoms with Crippen LogP contribution in [0.25, 0.3) is 10.9 Å². The molecule has 1 N–H and O–H groups in total. The Morgan fingerprint density at radius 3 is 2.69 bits per heavy atom. The number of fused-ring (bicyclic) bond motifs is 1. The lowest BCUT2D eigenvalue weighted by molar-refractivity contribution is -0.119. The fourth-order valence-corrected chi connectivity index (χ4v) is 5.85. The molecule has 5 nitrogen and oxygen atoms in total. The Bertz CT molecular complexity index is 1210. The number of anilines is 1. The number of aromatic amines is 1.